The number of likely N-dealkylation sites (N-methyl/N-ethyl adjacent to an activating group) is 1. The van der Waals surface area contributed by atoms with E-state index in [2.05, 4.69) is 12.2 Å². The lowest BCUT2D eigenvalue weighted by Crippen LogP contribution is -2.56. The summed E-state index contributed by atoms with van der Waals surface area (Å²) in [6, 6.07) is 0.466. The molecule has 0 amide bonds. The second-order valence-corrected chi connectivity index (χ2v) is 5.84. The second-order valence-electron chi connectivity index (χ2n) is 5.84. The molecule has 1 aliphatic carbocycles. The first kappa shape index (κ1) is 14.3. The first-order chi connectivity index (χ1) is 8.82. The van der Waals surface area contributed by atoms with Crippen LogP contribution in [-0.4, -0.2) is 38.5 Å². The summed E-state index contributed by atoms with van der Waals surface area (Å²) < 4.78 is 11.7. The third kappa shape index (κ3) is 3.06. The molecule has 0 radical (unpaired) electrons. The van der Waals surface area contributed by atoms with Crippen molar-refractivity contribution < 1.29 is 9.47 Å². The van der Waals surface area contributed by atoms with Crippen molar-refractivity contribution in [3.05, 3.63) is 0 Å². The van der Waals surface area contributed by atoms with Gasteiger partial charge in [-0.2, -0.15) is 0 Å². The Kier molecular flexibility index (Phi) is 5.46. The van der Waals surface area contributed by atoms with Gasteiger partial charge in [0.1, 0.15) is 0 Å². The predicted octanol–water partition coefficient (Wildman–Crippen LogP) is 2.74. The lowest BCUT2D eigenvalue weighted by molar-refractivity contribution is -0.0681. The van der Waals surface area contributed by atoms with Crippen molar-refractivity contribution in [2.75, 3.05) is 26.9 Å². The van der Waals surface area contributed by atoms with Gasteiger partial charge in [0.05, 0.1) is 12.2 Å². The number of nitrogens with one attached hydrogen (secondary N) is 1. The van der Waals surface area contributed by atoms with Gasteiger partial charge in [-0.15, -0.1) is 0 Å². The summed E-state index contributed by atoms with van der Waals surface area (Å²) in [5, 5.41) is 3.71. The van der Waals surface area contributed by atoms with Crippen LogP contribution in [0.3, 0.4) is 0 Å². The van der Waals surface area contributed by atoms with Crippen molar-refractivity contribution in [2.45, 2.75) is 63.5 Å². The van der Waals surface area contributed by atoms with Crippen molar-refractivity contribution in [1.29, 1.82) is 0 Å². The zero-order valence-corrected chi connectivity index (χ0v) is 12.0. The topological polar surface area (TPSA) is 30.5 Å². The molecule has 106 valence electrons. The largest absolute Gasteiger partial charge is 0.381 e. The molecule has 2 atom stereocenters. The molecule has 3 nitrogen and oxygen atoms in total. The highest BCUT2D eigenvalue weighted by molar-refractivity contribution is 4.98. The maximum absolute atomic E-state index is 6.07. The molecule has 18 heavy (non-hydrogen) atoms. The van der Waals surface area contributed by atoms with E-state index >= 15 is 0 Å². The van der Waals surface area contributed by atoms with Gasteiger partial charge in [0, 0.05) is 25.7 Å². The number of methoxy groups -OCH3 is 1. The third-order valence-corrected chi connectivity index (χ3v) is 4.78. The molecule has 2 aliphatic rings. The second kappa shape index (κ2) is 6.88. The fourth-order valence-electron chi connectivity index (χ4n) is 3.79. The van der Waals surface area contributed by atoms with Crippen LogP contribution in [0.1, 0.15) is 51.9 Å². The zero-order chi connectivity index (χ0) is 12.8. The third-order valence-electron chi connectivity index (χ3n) is 4.78. The molecule has 0 aromatic heterocycles. The quantitative estimate of drug-likeness (QED) is 0.766. The van der Waals surface area contributed by atoms with Crippen molar-refractivity contribution in [2.24, 2.45) is 5.92 Å². The molecule has 1 N–H and O–H groups in total. The van der Waals surface area contributed by atoms with E-state index in [9.17, 15) is 0 Å². The van der Waals surface area contributed by atoms with Gasteiger partial charge in [-0.25, -0.2) is 0 Å². The maximum atomic E-state index is 6.07. The van der Waals surface area contributed by atoms with Crippen molar-refractivity contribution in [3.63, 3.8) is 0 Å². The molecule has 2 fully saturated rings. The van der Waals surface area contributed by atoms with E-state index in [0.717, 1.165) is 19.8 Å². The van der Waals surface area contributed by atoms with Gasteiger partial charge < -0.3 is 14.8 Å². The molecule has 0 aromatic carbocycles. The molecule has 2 rings (SSSR count). The fraction of sp³-hybridized carbons (Fsp3) is 1.00. The highest BCUT2D eigenvalue weighted by Crippen LogP contribution is 2.37. The molecule has 1 saturated heterocycles. The summed E-state index contributed by atoms with van der Waals surface area (Å²) >= 11 is 0. The average Bonchev–Trinajstić information content (AvgIpc) is 2.81. The van der Waals surface area contributed by atoms with E-state index in [1.54, 1.807) is 0 Å². The molecule has 0 spiro atoms. The first-order valence-electron chi connectivity index (χ1n) is 7.68. The highest BCUT2D eigenvalue weighted by Gasteiger charge is 2.43. The first-order valence-corrected chi connectivity index (χ1v) is 7.68. The summed E-state index contributed by atoms with van der Waals surface area (Å²) in [6.45, 7) is 5.05. The summed E-state index contributed by atoms with van der Waals surface area (Å²) in [7, 11) is 1.91. The Morgan fingerprint density at radius 2 is 2.00 bits per heavy atom. The van der Waals surface area contributed by atoms with Crippen LogP contribution in [0.15, 0.2) is 0 Å². The molecule has 0 aromatic rings. The fourth-order valence-corrected chi connectivity index (χ4v) is 3.79. The lowest BCUT2D eigenvalue weighted by Gasteiger charge is -2.42. The van der Waals surface area contributed by atoms with Crippen LogP contribution in [0.5, 0.6) is 0 Å². The van der Waals surface area contributed by atoms with Gasteiger partial charge in [-0.1, -0.05) is 32.6 Å². The predicted molar refractivity (Wildman–Crippen MR) is 73.8 cm³/mol. The minimum atomic E-state index is 0.0465. The Morgan fingerprint density at radius 1 is 1.28 bits per heavy atom. The number of rotatable bonds is 5. The van der Waals surface area contributed by atoms with E-state index in [-0.39, 0.29) is 5.60 Å². The molecule has 1 aliphatic heterocycles. The molecule has 3 heteroatoms. The van der Waals surface area contributed by atoms with Crippen LogP contribution in [0, 0.1) is 5.92 Å². The van der Waals surface area contributed by atoms with Gasteiger partial charge in [0.2, 0.25) is 0 Å². The minimum absolute atomic E-state index is 0.0465. The van der Waals surface area contributed by atoms with E-state index in [0.29, 0.717) is 12.0 Å². The van der Waals surface area contributed by atoms with Gasteiger partial charge in [0.15, 0.2) is 0 Å². The Labute approximate surface area is 112 Å². The summed E-state index contributed by atoms with van der Waals surface area (Å²) in [6.07, 6.45) is 8.95. The molecular weight excluding hydrogens is 226 g/mol. The van der Waals surface area contributed by atoms with E-state index < -0.39 is 0 Å². The van der Waals surface area contributed by atoms with E-state index in [1.165, 1.54) is 44.9 Å². The monoisotopic (exact) mass is 255 g/mol. The van der Waals surface area contributed by atoms with Crippen LogP contribution in [0.2, 0.25) is 0 Å². The van der Waals surface area contributed by atoms with Crippen LogP contribution < -0.4 is 5.32 Å². The number of ether oxygens (including phenoxy) is 2. The molecular formula is C15H29NO2. The number of hydrogen-bond acceptors (Lipinski definition) is 3. The zero-order valence-electron chi connectivity index (χ0n) is 12.0. The normalized spacial score (nSPS) is 30.0. The smallest absolute Gasteiger partial charge is 0.0834 e. The summed E-state index contributed by atoms with van der Waals surface area (Å²) in [5.74, 6) is 0.628. The Balaban J connectivity index is 2.12. The van der Waals surface area contributed by atoms with Crippen LogP contribution in [-0.2, 0) is 9.47 Å². The van der Waals surface area contributed by atoms with Gasteiger partial charge in [-0.05, 0) is 25.8 Å². The number of hydrogen-bond donors (Lipinski definition) is 1. The van der Waals surface area contributed by atoms with Crippen molar-refractivity contribution in [3.8, 4) is 0 Å². The maximum Gasteiger partial charge on any atom is 0.0834 e. The van der Waals surface area contributed by atoms with Gasteiger partial charge >= 0.3 is 0 Å². The van der Waals surface area contributed by atoms with Gasteiger partial charge in [0.25, 0.3) is 0 Å². The SMILES string of the molecule is CCNC(C1CCOC1)C1(OC)CCCCCC1. The molecule has 1 saturated carbocycles. The lowest BCUT2D eigenvalue weighted by atomic mass is 9.78. The van der Waals surface area contributed by atoms with Crippen molar-refractivity contribution >= 4 is 0 Å². The molecule has 0 bridgehead atoms. The Bertz CT molecular complexity index is 231. The molecule has 1 heterocycles. The van der Waals surface area contributed by atoms with Crippen LogP contribution in [0.25, 0.3) is 0 Å². The van der Waals surface area contributed by atoms with E-state index in [1.807, 2.05) is 7.11 Å². The van der Waals surface area contributed by atoms with Crippen LogP contribution in [0.4, 0.5) is 0 Å². The summed E-state index contributed by atoms with van der Waals surface area (Å²) in [5.41, 5.74) is 0.0465. The molecule has 2 unspecified atom stereocenters. The van der Waals surface area contributed by atoms with Gasteiger partial charge in [-0.3, -0.25) is 0 Å². The highest BCUT2D eigenvalue weighted by atomic mass is 16.5. The Morgan fingerprint density at radius 3 is 2.50 bits per heavy atom. The summed E-state index contributed by atoms with van der Waals surface area (Å²) in [4.78, 5) is 0. The van der Waals surface area contributed by atoms with Crippen LogP contribution >= 0.6 is 0 Å². The average molecular weight is 255 g/mol. The van der Waals surface area contributed by atoms with E-state index in [4.69, 9.17) is 9.47 Å². The minimum Gasteiger partial charge on any atom is -0.381 e. The standard InChI is InChI=1S/C15H29NO2/c1-3-16-14(13-8-11-18-12-13)15(17-2)9-6-4-5-7-10-15/h13-14,16H,3-12H2,1-2H3. The Hall–Kier alpha value is -0.120. The van der Waals surface area contributed by atoms with Crippen molar-refractivity contribution in [1.82, 2.24) is 5.32 Å².